The first-order valence-electron chi connectivity index (χ1n) is 8.71. The molecule has 0 N–H and O–H groups in total. The van der Waals surface area contributed by atoms with E-state index in [0.717, 1.165) is 28.8 Å². The molecule has 0 unspecified atom stereocenters. The molecule has 0 radical (unpaired) electrons. The molecule has 0 bridgehead atoms. The molecule has 138 valence electrons. The lowest BCUT2D eigenvalue weighted by atomic mass is 9.78. The summed E-state index contributed by atoms with van der Waals surface area (Å²) < 4.78 is 27.1. The summed E-state index contributed by atoms with van der Waals surface area (Å²) in [4.78, 5) is 11.2. The Labute approximate surface area is 154 Å². The number of hydrogen-bond acceptors (Lipinski definition) is 1. The number of rotatable bonds is 3. The van der Waals surface area contributed by atoms with Crippen LogP contribution in [-0.2, 0) is 15.6 Å². The van der Waals surface area contributed by atoms with Gasteiger partial charge < -0.3 is 0 Å². The number of hydrogen-bond donors (Lipinski definition) is 0. The monoisotopic (exact) mass is 356 g/mol. The Balaban J connectivity index is 2.74. The zero-order chi connectivity index (χ0) is 19.7. The fraction of sp³-hybridized carbons (Fsp3) is 0.348. The molecular weight excluding hydrogens is 330 g/mol. The fourth-order valence-corrected chi connectivity index (χ4v) is 2.74. The number of halogens is 2. The third kappa shape index (κ3) is 4.46. The molecule has 2 aromatic carbocycles. The molecular formula is C23H26F2O. The number of benzene rings is 2. The Morgan fingerprint density at radius 2 is 1.31 bits per heavy atom. The molecule has 2 aromatic rings. The van der Waals surface area contributed by atoms with Crippen molar-refractivity contribution in [2.75, 3.05) is 0 Å². The highest BCUT2D eigenvalue weighted by molar-refractivity contribution is 5.90. The first-order valence-corrected chi connectivity index (χ1v) is 8.71. The van der Waals surface area contributed by atoms with Gasteiger partial charge in [0.1, 0.15) is 6.29 Å². The average molecular weight is 356 g/mol. The van der Waals surface area contributed by atoms with Crippen LogP contribution in [0.5, 0.6) is 0 Å². The maximum atomic E-state index is 13.7. The van der Waals surface area contributed by atoms with Gasteiger partial charge in [0.2, 0.25) is 0 Å². The second-order valence-corrected chi connectivity index (χ2v) is 8.64. The molecule has 0 spiro atoms. The lowest BCUT2D eigenvalue weighted by Crippen LogP contribution is -2.17. The first-order chi connectivity index (χ1) is 11.9. The summed E-state index contributed by atoms with van der Waals surface area (Å²) >= 11 is 0. The van der Waals surface area contributed by atoms with E-state index in [9.17, 15) is 13.6 Å². The van der Waals surface area contributed by atoms with Gasteiger partial charge >= 0.3 is 0 Å². The predicted molar refractivity (Wildman–Crippen MR) is 103 cm³/mol. The van der Waals surface area contributed by atoms with Crippen molar-refractivity contribution in [3.05, 3.63) is 76.4 Å². The summed E-state index contributed by atoms with van der Waals surface area (Å²) in [5.41, 5.74) is 3.95. The van der Waals surface area contributed by atoms with Crippen LogP contribution in [0.1, 0.15) is 63.8 Å². The normalized spacial score (nSPS) is 13.0. The molecule has 3 heteroatoms. The smallest absolute Gasteiger partial charge is 0.159 e. The topological polar surface area (TPSA) is 17.1 Å². The van der Waals surface area contributed by atoms with E-state index in [4.69, 9.17) is 0 Å². The van der Waals surface area contributed by atoms with E-state index in [1.165, 1.54) is 12.1 Å². The van der Waals surface area contributed by atoms with Crippen molar-refractivity contribution in [1.29, 1.82) is 0 Å². The fourth-order valence-electron chi connectivity index (χ4n) is 2.74. The average Bonchev–Trinajstić information content (AvgIpc) is 2.53. The van der Waals surface area contributed by atoms with Gasteiger partial charge in [-0.2, -0.15) is 0 Å². The van der Waals surface area contributed by atoms with Gasteiger partial charge in [0.05, 0.1) is 0 Å². The highest BCUT2D eigenvalue weighted by atomic mass is 19.2. The second-order valence-electron chi connectivity index (χ2n) is 8.64. The van der Waals surface area contributed by atoms with E-state index in [1.807, 2.05) is 12.1 Å². The second kappa shape index (κ2) is 7.14. The summed E-state index contributed by atoms with van der Waals surface area (Å²) in [6.07, 6.45) is 2.08. The quantitative estimate of drug-likeness (QED) is 0.473. The van der Waals surface area contributed by atoms with Gasteiger partial charge in [-0.1, -0.05) is 65.8 Å². The SMILES string of the molecule is CC(C)(C)c1cc(C(=CC=O)c2ccc(F)c(F)c2)cc(C(C)(C)C)c1. The molecule has 0 saturated heterocycles. The zero-order valence-electron chi connectivity index (χ0n) is 16.3. The Morgan fingerprint density at radius 1 is 0.769 bits per heavy atom. The van der Waals surface area contributed by atoms with E-state index in [0.29, 0.717) is 17.4 Å². The van der Waals surface area contributed by atoms with Crippen molar-refractivity contribution in [3.63, 3.8) is 0 Å². The molecule has 0 fully saturated rings. The van der Waals surface area contributed by atoms with Crippen molar-refractivity contribution in [2.45, 2.75) is 52.4 Å². The number of carbonyl (C=O) groups excluding carboxylic acids is 1. The van der Waals surface area contributed by atoms with E-state index in [2.05, 4.69) is 47.6 Å². The van der Waals surface area contributed by atoms with Gasteiger partial charge in [-0.15, -0.1) is 0 Å². The Bertz CT molecular complexity index is 817. The van der Waals surface area contributed by atoms with Crippen LogP contribution in [-0.4, -0.2) is 6.29 Å². The number of carbonyl (C=O) groups is 1. The standard InChI is InChI=1S/C23H26F2O/c1-22(2,3)17-11-16(12-18(14-17)23(4,5)6)19(9-10-26)15-7-8-20(24)21(25)13-15/h7-14H,1-6H3. The molecule has 0 atom stereocenters. The minimum Gasteiger partial charge on any atom is -0.299 e. The Morgan fingerprint density at radius 3 is 1.73 bits per heavy atom. The van der Waals surface area contributed by atoms with E-state index < -0.39 is 11.6 Å². The molecule has 0 aliphatic heterocycles. The lowest BCUT2D eigenvalue weighted by Gasteiger charge is -2.26. The van der Waals surface area contributed by atoms with Crippen LogP contribution in [0.25, 0.3) is 5.57 Å². The van der Waals surface area contributed by atoms with Gasteiger partial charge in [-0.25, -0.2) is 8.78 Å². The first kappa shape index (κ1) is 20.0. The van der Waals surface area contributed by atoms with Gasteiger partial charge in [0.15, 0.2) is 11.6 Å². The summed E-state index contributed by atoms with van der Waals surface area (Å²) in [6.45, 7) is 12.7. The van der Waals surface area contributed by atoms with E-state index >= 15 is 0 Å². The molecule has 0 aliphatic rings. The molecule has 0 heterocycles. The van der Waals surface area contributed by atoms with Gasteiger partial charge in [-0.3, -0.25) is 4.79 Å². The van der Waals surface area contributed by atoms with Crippen LogP contribution >= 0.6 is 0 Å². The molecule has 0 aromatic heterocycles. The van der Waals surface area contributed by atoms with Crippen LogP contribution in [0, 0.1) is 11.6 Å². The molecule has 0 amide bonds. The van der Waals surface area contributed by atoms with Crippen LogP contribution in [0.2, 0.25) is 0 Å². The third-order valence-corrected chi connectivity index (χ3v) is 4.44. The van der Waals surface area contributed by atoms with Crippen LogP contribution in [0.4, 0.5) is 8.78 Å². The van der Waals surface area contributed by atoms with E-state index in [1.54, 1.807) is 0 Å². The van der Waals surface area contributed by atoms with Crippen molar-refractivity contribution in [1.82, 2.24) is 0 Å². The van der Waals surface area contributed by atoms with Crippen LogP contribution in [0.3, 0.4) is 0 Å². The number of allylic oxidation sites excluding steroid dienone is 1. The summed E-state index contributed by atoms with van der Waals surface area (Å²) in [6, 6.07) is 9.92. The molecule has 26 heavy (non-hydrogen) atoms. The Hall–Kier alpha value is -2.29. The van der Waals surface area contributed by atoms with E-state index in [-0.39, 0.29) is 10.8 Å². The maximum absolute atomic E-state index is 13.7. The molecule has 1 nitrogen and oxygen atoms in total. The largest absolute Gasteiger partial charge is 0.299 e. The molecule has 2 rings (SSSR count). The minimum atomic E-state index is -0.928. The van der Waals surface area contributed by atoms with Crippen molar-refractivity contribution >= 4 is 11.9 Å². The summed E-state index contributed by atoms with van der Waals surface area (Å²) in [7, 11) is 0. The van der Waals surface area contributed by atoms with Gasteiger partial charge in [0.25, 0.3) is 0 Å². The highest BCUT2D eigenvalue weighted by Gasteiger charge is 2.22. The van der Waals surface area contributed by atoms with Crippen molar-refractivity contribution in [3.8, 4) is 0 Å². The van der Waals surface area contributed by atoms with Crippen LogP contribution in [0.15, 0.2) is 42.5 Å². The summed E-state index contributed by atoms with van der Waals surface area (Å²) in [5, 5.41) is 0. The zero-order valence-corrected chi connectivity index (χ0v) is 16.3. The van der Waals surface area contributed by atoms with Gasteiger partial charge in [-0.05, 0) is 56.9 Å². The van der Waals surface area contributed by atoms with Crippen LogP contribution < -0.4 is 0 Å². The lowest BCUT2D eigenvalue weighted by molar-refractivity contribution is -0.104. The van der Waals surface area contributed by atoms with Gasteiger partial charge in [0, 0.05) is 0 Å². The Kier molecular flexibility index (Phi) is 5.50. The maximum Gasteiger partial charge on any atom is 0.159 e. The van der Waals surface area contributed by atoms with Crippen molar-refractivity contribution < 1.29 is 13.6 Å². The summed E-state index contributed by atoms with van der Waals surface area (Å²) in [5.74, 6) is -1.83. The molecule has 0 aliphatic carbocycles. The minimum absolute atomic E-state index is 0.0870. The third-order valence-electron chi connectivity index (χ3n) is 4.44. The molecule has 0 saturated carbocycles. The number of aldehydes is 1. The van der Waals surface area contributed by atoms with Crippen molar-refractivity contribution in [2.24, 2.45) is 0 Å². The predicted octanol–water partition coefficient (Wildman–Crippen LogP) is 6.19. The highest BCUT2D eigenvalue weighted by Crippen LogP contribution is 2.34.